The zero-order valence-corrected chi connectivity index (χ0v) is 15.5. The first kappa shape index (κ1) is 18.4. The minimum Gasteiger partial charge on any atom is -0.468 e. The van der Waals surface area contributed by atoms with Crippen molar-refractivity contribution in [2.24, 2.45) is 7.05 Å². The number of hydrogen-bond acceptors (Lipinski definition) is 5. The molecule has 1 aliphatic heterocycles. The highest BCUT2D eigenvalue weighted by molar-refractivity contribution is 6.30. The molecule has 0 unspecified atom stereocenters. The number of aromatic nitrogens is 2. The molecule has 0 N–H and O–H groups in total. The van der Waals surface area contributed by atoms with Gasteiger partial charge in [0.2, 0.25) is 0 Å². The number of hydrogen-bond donors (Lipinski definition) is 0. The van der Waals surface area contributed by atoms with Gasteiger partial charge in [-0.25, -0.2) is 9.78 Å². The van der Waals surface area contributed by atoms with Crippen molar-refractivity contribution in [1.29, 1.82) is 0 Å². The number of nitrogens with zero attached hydrogens (tertiary/aromatic N) is 4. The SMILES string of the molecule is COC(=O)[C@H](c1cccc(Cl)c1)N1CCN(C(=O)c2nccn2C)CC1. The van der Waals surface area contributed by atoms with Crippen LogP contribution in [-0.4, -0.2) is 64.5 Å². The summed E-state index contributed by atoms with van der Waals surface area (Å²) in [6.07, 6.45) is 3.35. The van der Waals surface area contributed by atoms with Gasteiger partial charge in [0.05, 0.1) is 7.11 Å². The standard InChI is InChI=1S/C18H21ClN4O3/c1-21-7-6-20-16(21)17(24)23-10-8-22(9-11-23)15(18(25)26-2)13-4-3-5-14(19)12-13/h3-7,12,15H,8-11H2,1-2H3/t15-/m0/s1. The second kappa shape index (κ2) is 7.88. The van der Waals surface area contributed by atoms with Crippen LogP contribution in [0.25, 0.3) is 0 Å². The van der Waals surface area contributed by atoms with Gasteiger partial charge in [0.25, 0.3) is 5.91 Å². The smallest absolute Gasteiger partial charge is 0.327 e. The lowest BCUT2D eigenvalue weighted by Gasteiger charge is -2.38. The lowest BCUT2D eigenvalue weighted by Crippen LogP contribution is -2.51. The van der Waals surface area contributed by atoms with Crippen molar-refractivity contribution in [3.8, 4) is 0 Å². The molecule has 1 aromatic heterocycles. The summed E-state index contributed by atoms with van der Waals surface area (Å²) in [5.41, 5.74) is 0.785. The van der Waals surface area contributed by atoms with Crippen LogP contribution in [0.15, 0.2) is 36.7 Å². The molecule has 2 aromatic rings. The summed E-state index contributed by atoms with van der Waals surface area (Å²) in [5.74, 6) is -0.0246. The van der Waals surface area contributed by atoms with Crippen LogP contribution in [0, 0.1) is 0 Å². The monoisotopic (exact) mass is 376 g/mol. The first-order valence-electron chi connectivity index (χ1n) is 8.35. The van der Waals surface area contributed by atoms with E-state index in [1.807, 2.05) is 17.0 Å². The third kappa shape index (κ3) is 3.73. The lowest BCUT2D eigenvalue weighted by atomic mass is 10.0. The predicted octanol–water partition coefficient (Wildman–Crippen LogP) is 1.75. The molecule has 0 spiro atoms. The largest absolute Gasteiger partial charge is 0.468 e. The molecule has 0 saturated carbocycles. The Kier molecular flexibility index (Phi) is 5.58. The van der Waals surface area contributed by atoms with Crippen LogP contribution in [0.5, 0.6) is 0 Å². The molecular formula is C18H21ClN4O3. The summed E-state index contributed by atoms with van der Waals surface area (Å²) in [5, 5.41) is 0.569. The Morgan fingerprint density at radius 1 is 1.23 bits per heavy atom. The van der Waals surface area contributed by atoms with Crippen molar-refractivity contribution in [2.75, 3.05) is 33.3 Å². The minimum atomic E-state index is -0.538. The van der Waals surface area contributed by atoms with Gasteiger partial charge < -0.3 is 14.2 Å². The summed E-state index contributed by atoms with van der Waals surface area (Å²) in [7, 11) is 3.17. The number of imidazole rings is 1. The molecule has 0 radical (unpaired) electrons. The number of ether oxygens (including phenoxy) is 1. The van der Waals surface area contributed by atoms with Crippen LogP contribution in [0.3, 0.4) is 0 Å². The Morgan fingerprint density at radius 2 is 1.96 bits per heavy atom. The van der Waals surface area contributed by atoms with Crippen LogP contribution in [0.4, 0.5) is 0 Å². The second-order valence-corrected chi connectivity index (χ2v) is 6.61. The number of halogens is 1. The molecule has 1 atom stereocenters. The van der Waals surface area contributed by atoms with Gasteiger partial charge in [-0.2, -0.15) is 0 Å². The highest BCUT2D eigenvalue weighted by atomic mass is 35.5. The van der Waals surface area contributed by atoms with Gasteiger partial charge in [-0.1, -0.05) is 23.7 Å². The van der Waals surface area contributed by atoms with E-state index in [1.54, 1.807) is 41.0 Å². The first-order valence-corrected chi connectivity index (χ1v) is 8.73. The number of carbonyl (C=O) groups excluding carboxylic acids is 2. The maximum Gasteiger partial charge on any atom is 0.327 e. The van der Waals surface area contributed by atoms with Crippen molar-refractivity contribution in [1.82, 2.24) is 19.4 Å². The molecule has 1 saturated heterocycles. The summed E-state index contributed by atoms with van der Waals surface area (Å²) < 4.78 is 6.70. The predicted molar refractivity (Wildman–Crippen MR) is 96.9 cm³/mol. The maximum atomic E-state index is 12.6. The highest BCUT2D eigenvalue weighted by Gasteiger charge is 2.33. The first-order chi connectivity index (χ1) is 12.5. The number of benzene rings is 1. The molecule has 8 heteroatoms. The fourth-order valence-corrected chi connectivity index (χ4v) is 3.38. The van der Waals surface area contributed by atoms with Crippen molar-refractivity contribution in [3.63, 3.8) is 0 Å². The number of rotatable bonds is 4. The van der Waals surface area contributed by atoms with Gasteiger partial charge in [0, 0.05) is 50.6 Å². The zero-order valence-electron chi connectivity index (χ0n) is 14.8. The van der Waals surface area contributed by atoms with Gasteiger partial charge in [0.15, 0.2) is 5.82 Å². The van der Waals surface area contributed by atoms with Crippen LogP contribution in [0.2, 0.25) is 5.02 Å². The number of methoxy groups -OCH3 is 1. The summed E-state index contributed by atoms with van der Waals surface area (Å²) in [6.45, 7) is 2.14. The molecule has 1 aromatic carbocycles. The topological polar surface area (TPSA) is 67.7 Å². The van der Waals surface area contributed by atoms with E-state index in [0.717, 1.165) is 5.56 Å². The zero-order chi connectivity index (χ0) is 18.7. The molecule has 0 aliphatic carbocycles. The Bertz CT molecular complexity index is 799. The van der Waals surface area contributed by atoms with Crippen molar-refractivity contribution < 1.29 is 14.3 Å². The van der Waals surface area contributed by atoms with Crippen LogP contribution >= 0.6 is 11.6 Å². The van der Waals surface area contributed by atoms with Crippen molar-refractivity contribution >= 4 is 23.5 Å². The van der Waals surface area contributed by atoms with Crippen molar-refractivity contribution in [2.45, 2.75) is 6.04 Å². The molecule has 2 heterocycles. The van der Waals surface area contributed by atoms with Gasteiger partial charge in [0.1, 0.15) is 6.04 Å². The molecule has 1 amide bonds. The molecule has 3 rings (SSSR count). The number of esters is 1. The Hall–Kier alpha value is -2.38. The third-order valence-corrected chi connectivity index (χ3v) is 4.80. The fourth-order valence-electron chi connectivity index (χ4n) is 3.18. The summed E-state index contributed by atoms with van der Waals surface area (Å²) in [6, 6.07) is 6.68. The van der Waals surface area contributed by atoms with Gasteiger partial charge in [-0.15, -0.1) is 0 Å². The van der Waals surface area contributed by atoms with E-state index in [0.29, 0.717) is 37.0 Å². The fraction of sp³-hybridized carbons (Fsp3) is 0.389. The number of piperazine rings is 1. The summed E-state index contributed by atoms with van der Waals surface area (Å²) in [4.78, 5) is 32.8. The van der Waals surface area contributed by atoms with E-state index in [9.17, 15) is 9.59 Å². The Labute approximate surface area is 157 Å². The number of carbonyl (C=O) groups is 2. The van der Waals surface area contributed by atoms with Gasteiger partial charge >= 0.3 is 5.97 Å². The van der Waals surface area contributed by atoms with Gasteiger partial charge in [-0.3, -0.25) is 9.69 Å². The number of amides is 1. The highest BCUT2D eigenvalue weighted by Crippen LogP contribution is 2.26. The summed E-state index contributed by atoms with van der Waals surface area (Å²) >= 11 is 6.08. The van der Waals surface area contributed by atoms with E-state index in [-0.39, 0.29) is 11.9 Å². The van der Waals surface area contributed by atoms with Crippen LogP contribution in [-0.2, 0) is 16.6 Å². The third-order valence-electron chi connectivity index (χ3n) is 4.57. The molecule has 0 bridgehead atoms. The molecule has 1 aliphatic rings. The molecule has 7 nitrogen and oxygen atoms in total. The van der Waals surface area contributed by atoms with E-state index in [1.165, 1.54) is 7.11 Å². The maximum absolute atomic E-state index is 12.6. The number of aryl methyl sites for hydroxylation is 1. The second-order valence-electron chi connectivity index (χ2n) is 6.17. The van der Waals surface area contributed by atoms with Gasteiger partial charge in [-0.05, 0) is 17.7 Å². The van der Waals surface area contributed by atoms with Crippen LogP contribution in [0.1, 0.15) is 22.2 Å². The molecule has 138 valence electrons. The molecule has 1 fully saturated rings. The Morgan fingerprint density at radius 3 is 2.54 bits per heavy atom. The lowest BCUT2D eigenvalue weighted by molar-refractivity contribution is -0.148. The van der Waals surface area contributed by atoms with Crippen LogP contribution < -0.4 is 0 Å². The molecule has 26 heavy (non-hydrogen) atoms. The minimum absolute atomic E-state index is 0.102. The van der Waals surface area contributed by atoms with Crippen molar-refractivity contribution in [3.05, 3.63) is 53.1 Å². The van der Waals surface area contributed by atoms with E-state index in [4.69, 9.17) is 16.3 Å². The Balaban J connectivity index is 1.73. The molecular weight excluding hydrogens is 356 g/mol. The van der Waals surface area contributed by atoms with E-state index in [2.05, 4.69) is 4.98 Å². The average Bonchev–Trinajstić information content (AvgIpc) is 3.08. The van der Waals surface area contributed by atoms with E-state index < -0.39 is 6.04 Å². The normalized spacial score (nSPS) is 16.3. The quantitative estimate of drug-likeness (QED) is 0.760. The van der Waals surface area contributed by atoms with E-state index >= 15 is 0 Å². The average molecular weight is 377 g/mol.